The molecule has 1 aliphatic rings. The molecule has 2 aromatic rings. The average molecular weight is 268 g/mol. The Morgan fingerprint density at radius 1 is 0.850 bits per heavy atom. The van der Waals surface area contributed by atoms with Gasteiger partial charge in [-0.25, -0.2) is 4.89 Å². The van der Waals surface area contributed by atoms with Crippen molar-refractivity contribution in [3.05, 3.63) is 71.8 Å². The second kappa shape index (κ2) is 5.78. The summed E-state index contributed by atoms with van der Waals surface area (Å²) in [6, 6.07) is 20.9. The lowest BCUT2D eigenvalue weighted by Crippen LogP contribution is -2.44. The summed E-state index contributed by atoms with van der Waals surface area (Å²) in [5.41, 5.74) is 2.21. The fourth-order valence-corrected chi connectivity index (χ4v) is 3.58. The van der Waals surface area contributed by atoms with Crippen molar-refractivity contribution in [3.63, 3.8) is 0 Å². The van der Waals surface area contributed by atoms with Crippen molar-refractivity contribution < 1.29 is 10.1 Å². The molecule has 1 atom stereocenters. The van der Waals surface area contributed by atoms with Crippen molar-refractivity contribution in [2.24, 2.45) is 0 Å². The van der Waals surface area contributed by atoms with Crippen LogP contribution in [0.15, 0.2) is 60.7 Å². The lowest BCUT2D eigenvalue weighted by molar-refractivity contribution is -0.296. The van der Waals surface area contributed by atoms with Crippen molar-refractivity contribution in [3.8, 4) is 0 Å². The smallest absolute Gasteiger partial charge is 0.106 e. The number of hydrogen-bond donors (Lipinski definition) is 1. The lowest BCUT2D eigenvalue weighted by atomic mass is 9.63. The van der Waals surface area contributed by atoms with E-state index in [0.717, 1.165) is 25.7 Å². The Labute approximate surface area is 120 Å². The third kappa shape index (κ3) is 2.15. The molecule has 0 amide bonds. The predicted molar refractivity (Wildman–Crippen MR) is 79.6 cm³/mol. The van der Waals surface area contributed by atoms with Crippen LogP contribution in [-0.2, 0) is 10.3 Å². The van der Waals surface area contributed by atoms with Gasteiger partial charge in [-0.15, -0.1) is 0 Å². The zero-order chi connectivity index (χ0) is 13.8. The zero-order valence-corrected chi connectivity index (χ0v) is 11.5. The fourth-order valence-electron chi connectivity index (χ4n) is 3.58. The first-order chi connectivity index (χ1) is 9.88. The van der Waals surface area contributed by atoms with Crippen molar-refractivity contribution >= 4 is 0 Å². The molecule has 1 aliphatic carbocycles. The Balaban J connectivity index is 2.17. The Morgan fingerprint density at radius 2 is 1.40 bits per heavy atom. The van der Waals surface area contributed by atoms with E-state index in [2.05, 4.69) is 48.5 Å². The minimum Gasteiger partial charge on any atom is -0.251 e. The molecule has 104 valence electrons. The molecule has 0 radical (unpaired) electrons. The fraction of sp³-hybridized carbons (Fsp3) is 0.333. The molecule has 2 aromatic carbocycles. The number of hydrogen-bond acceptors (Lipinski definition) is 2. The monoisotopic (exact) mass is 268 g/mol. The molecule has 2 nitrogen and oxygen atoms in total. The van der Waals surface area contributed by atoms with E-state index in [1.807, 2.05) is 12.1 Å². The van der Waals surface area contributed by atoms with E-state index in [4.69, 9.17) is 4.89 Å². The van der Waals surface area contributed by atoms with Gasteiger partial charge in [-0.2, -0.15) is 0 Å². The van der Waals surface area contributed by atoms with Gasteiger partial charge in [-0.1, -0.05) is 73.5 Å². The highest BCUT2D eigenvalue weighted by atomic mass is 17.1. The highest BCUT2D eigenvalue weighted by Gasteiger charge is 2.44. The Morgan fingerprint density at radius 3 is 1.90 bits per heavy atom. The van der Waals surface area contributed by atoms with E-state index >= 15 is 0 Å². The van der Waals surface area contributed by atoms with Crippen LogP contribution in [0, 0.1) is 0 Å². The molecule has 0 aromatic heterocycles. The molecule has 20 heavy (non-hydrogen) atoms. The largest absolute Gasteiger partial charge is 0.251 e. The van der Waals surface area contributed by atoms with Crippen LogP contribution in [0.3, 0.4) is 0 Å². The molecule has 0 spiro atoms. The lowest BCUT2D eigenvalue weighted by Gasteiger charge is -2.43. The molecule has 2 heteroatoms. The minimum absolute atomic E-state index is 0.180. The van der Waals surface area contributed by atoms with Crippen LogP contribution >= 0.6 is 0 Å². The molecule has 0 aliphatic heterocycles. The standard InChI is InChI=1S/C18H20O2/c19-20-17-13-7-8-14-18(17,15-9-3-1-4-10-15)16-11-5-2-6-12-16/h1-6,9-12,17,19H,7-8,13-14H2. The van der Waals surface area contributed by atoms with E-state index in [0.29, 0.717) is 0 Å². The molecule has 1 unspecified atom stereocenters. The van der Waals surface area contributed by atoms with Gasteiger partial charge in [0, 0.05) is 5.41 Å². The topological polar surface area (TPSA) is 29.5 Å². The second-order valence-corrected chi connectivity index (χ2v) is 5.54. The SMILES string of the molecule is OOC1CCCCC1(c1ccccc1)c1ccccc1. The van der Waals surface area contributed by atoms with Crippen molar-refractivity contribution in [2.75, 3.05) is 0 Å². The highest BCUT2D eigenvalue weighted by Crippen LogP contribution is 2.46. The summed E-state index contributed by atoms with van der Waals surface area (Å²) >= 11 is 0. The van der Waals surface area contributed by atoms with Gasteiger partial charge >= 0.3 is 0 Å². The average Bonchev–Trinajstić information content (AvgIpc) is 2.56. The Hall–Kier alpha value is -1.64. The maximum absolute atomic E-state index is 9.45. The highest BCUT2D eigenvalue weighted by molar-refractivity contribution is 5.41. The normalized spacial score (nSPS) is 21.6. The van der Waals surface area contributed by atoms with E-state index in [-0.39, 0.29) is 11.5 Å². The summed E-state index contributed by atoms with van der Waals surface area (Å²) in [7, 11) is 0. The predicted octanol–water partition coefficient (Wildman–Crippen LogP) is 4.40. The molecule has 1 saturated carbocycles. The Bertz CT molecular complexity index is 496. The van der Waals surface area contributed by atoms with E-state index in [1.165, 1.54) is 11.1 Å². The van der Waals surface area contributed by atoms with Gasteiger partial charge in [-0.3, -0.25) is 5.26 Å². The first-order valence-electron chi connectivity index (χ1n) is 7.29. The van der Waals surface area contributed by atoms with E-state index in [1.54, 1.807) is 0 Å². The van der Waals surface area contributed by atoms with Crippen LogP contribution in [-0.4, -0.2) is 11.4 Å². The van der Waals surface area contributed by atoms with Crippen molar-refractivity contribution in [1.29, 1.82) is 0 Å². The second-order valence-electron chi connectivity index (χ2n) is 5.54. The molecule has 0 saturated heterocycles. The molecule has 0 heterocycles. The van der Waals surface area contributed by atoms with Gasteiger partial charge in [0.2, 0.25) is 0 Å². The van der Waals surface area contributed by atoms with Crippen LogP contribution in [0.2, 0.25) is 0 Å². The van der Waals surface area contributed by atoms with Crippen LogP contribution in [0.1, 0.15) is 36.8 Å². The summed E-state index contributed by atoms with van der Waals surface area (Å²) in [4.78, 5) is 4.92. The van der Waals surface area contributed by atoms with Crippen molar-refractivity contribution in [2.45, 2.75) is 37.2 Å². The van der Waals surface area contributed by atoms with Gasteiger partial charge in [0.1, 0.15) is 6.10 Å². The first-order valence-corrected chi connectivity index (χ1v) is 7.29. The number of benzene rings is 2. The quantitative estimate of drug-likeness (QED) is 0.660. The summed E-state index contributed by atoms with van der Waals surface area (Å²) in [5.74, 6) is 0. The van der Waals surface area contributed by atoms with Crippen LogP contribution in [0.4, 0.5) is 0 Å². The third-order valence-electron chi connectivity index (χ3n) is 4.54. The summed E-state index contributed by atoms with van der Waals surface area (Å²) in [5, 5.41) is 9.45. The molecular weight excluding hydrogens is 248 g/mol. The summed E-state index contributed by atoms with van der Waals surface area (Å²) < 4.78 is 0. The van der Waals surface area contributed by atoms with Gasteiger partial charge in [0.05, 0.1) is 0 Å². The summed E-state index contributed by atoms with van der Waals surface area (Å²) in [6.07, 6.45) is 3.98. The maximum Gasteiger partial charge on any atom is 0.106 e. The van der Waals surface area contributed by atoms with Crippen LogP contribution in [0.5, 0.6) is 0 Å². The Kier molecular flexibility index (Phi) is 3.86. The molecular formula is C18H20O2. The first kappa shape index (κ1) is 13.3. The van der Waals surface area contributed by atoms with E-state index < -0.39 is 0 Å². The van der Waals surface area contributed by atoms with Gasteiger partial charge in [-0.05, 0) is 24.0 Å². The van der Waals surface area contributed by atoms with Crippen molar-refractivity contribution in [1.82, 2.24) is 0 Å². The summed E-state index contributed by atoms with van der Waals surface area (Å²) in [6.45, 7) is 0. The zero-order valence-electron chi connectivity index (χ0n) is 11.5. The molecule has 1 N–H and O–H groups in total. The van der Waals surface area contributed by atoms with E-state index in [9.17, 15) is 5.26 Å². The maximum atomic E-state index is 9.45. The van der Waals surface area contributed by atoms with Crippen LogP contribution in [0.25, 0.3) is 0 Å². The number of rotatable bonds is 3. The van der Waals surface area contributed by atoms with Gasteiger partial charge in [0.25, 0.3) is 0 Å². The molecule has 3 rings (SSSR count). The van der Waals surface area contributed by atoms with Crippen LogP contribution < -0.4 is 0 Å². The van der Waals surface area contributed by atoms with Gasteiger partial charge in [0.15, 0.2) is 0 Å². The minimum atomic E-state index is -0.241. The van der Waals surface area contributed by atoms with Gasteiger partial charge < -0.3 is 0 Å². The molecule has 0 bridgehead atoms. The molecule has 1 fully saturated rings. The third-order valence-corrected chi connectivity index (χ3v) is 4.54.